The third-order valence-corrected chi connectivity index (χ3v) is 8.16. The van der Waals surface area contributed by atoms with E-state index in [-0.39, 0.29) is 16.7 Å². The number of rotatable bonds is 9. The van der Waals surface area contributed by atoms with Gasteiger partial charge in [0.25, 0.3) is 5.91 Å². The van der Waals surface area contributed by atoms with E-state index in [4.69, 9.17) is 38.4 Å². The smallest absolute Gasteiger partial charge is 0.253 e. The molecular formula is C30H32Cl2FN3O3. The lowest BCUT2D eigenvalue weighted by atomic mass is 9.97. The van der Waals surface area contributed by atoms with E-state index >= 15 is 0 Å². The predicted octanol–water partition coefficient (Wildman–Crippen LogP) is 7.20. The third-order valence-electron chi connectivity index (χ3n) is 7.44. The number of amides is 1. The lowest BCUT2D eigenvalue weighted by Crippen LogP contribution is -2.39. The first-order chi connectivity index (χ1) is 18.8. The largest absolute Gasteiger partial charge is 0.482 e. The molecule has 39 heavy (non-hydrogen) atoms. The second-order valence-corrected chi connectivity index (χ2v) is 11.2. The van der Waals surface area contributed by atoms with E-state index in [2.05, 4.69) is 4.98 Å². The van der Waals surface area contributed by atoms with Crippen LogP contribution in [0, 0.1) is 17.7 Å². The number of hydrogen-bond acceptors (Lipinski definition) is 5. The first kappa shape index (κ1) is 27.7. The van der Waals surface area contributed by atoms with Crippen molar-refractivity contribution in [2.24, 2.45) is 11.8 Å². The maximum Gasteiger partial charge on any atom is 0.253 e. The van der Waals surface area contributed by atoms with Gasteiger partial charge in [0, 0.05) is 54.2 Å². The van der Waals surface area contributed by atoms with Gasteiger partial charge in [0.05, 0.1) is 5.02 Å². The van der Waals surface area contributed by atoms with Crippen LogP contribution >= 0.6 is 23.2 Å². The summed E-state index contributed by atoms with van der Waals surface area (Å²) >= 11 is 12.4. The SMILES string of the molecule is CC(Oc1cc(-c2ccc(C(=O)N3CCC(COCC4CC4)CC3)cc2)cnc1N)c1c(Cl)ccc(F)c1Cl. The number of nitrogen functional groups attached to an aromatic ring is 1. The summed E-state index contributed by atoms with van der Waals surface area (Å²) in [6.07, 6.45) is 5.51. The van der Waals surface area contributed by atoms with Crippen LogP contribution in [0.15, 0.2) is 48.7 Å². The quantitative estimate of drug-likeness (QED) is 0.275. The molecule has 1 saturated heterocycles. The van der Waals surface area contributed by atoms with E-state index < -0.39 is 11.9 Å². The van der Waals surface area contributed by atoms with Crippen molar-refractivity contribution < 1.29 is 18.7 Å². The van der Waals surface area contributed by atoms with Gasteiger partial charge < -0.3 is 20.1 Å². The van der Waals surface area contributed by atoms with Gasteiger partial charge in [-0.3, -0.25) is 4.79 Å². The summed E-state index contributed by atoms with van der Waals surface area (Å²) in [5, 5.41) is 0.201. The molecule has 3 aromatic rings. The Morgan fingerprint density at radius 3 is 2.38 bits per heavy atom. The minimum Gasteiger partial charge on any atom is -0.482 e. The fourth-order valence-electron chi connectivity index (χ4n) is 4.85. The number of benzene rings is 2. The van der Waals surface area contributed by atoms with Crippen LogP contribution in [0.5, 0.6) is 5.75 Å². The highest BCUT2D eigenvalue weighted by atomic mass is 35.5. The van der Waals surface area contributed by atoms with Crippen LogP contribution in [0.4, 0.5) is 10.2 Å². The number of nitrogens with zero attached hydrogens (tertiary/aromatic N) is 2. The standard InChI is InChI=1S/C30H32Cl2FN3O3/c1-18(27-24(31)8-9-25(33)28(27)32)39-26-14-23(15-35-29(26)34)21-4-6-22(7-5-21)30(37)36-12-10-20(11-13-36)17-38-16-19-2-3-19/h4-9,14-15,18-20H,2-3,10-13,16-17H2,1H3,(H2,34,35). The number of ether oxygens (including phenoxy) is 2. The topological polar surface area (TPSA) is 77.7 Å². The Morgan fingerprint density at radius 1 is 1.05 bits per heavy atom. The molecule has 1 amide bonds. The normalized spacial score (nSPS) is 16.8. The van der Waals surface area contributed by atoms with Crippen LogP contribution in [-0.2, 0) is 4.74 Å². The fraction of sp³-hybridized carbons (Fsp3) is 0.400. The molecule has 1 aromatic heterocycles. The summed E-state index contributed by atoms with van der Waals surface area (Å²) in [7, 11) is 0. The maximum absolute atomic E-state index is 14.0. The zero-order chi connectivity index (χ0) is 27.5. The van der Waals surface area contributed by atoms with Gasteiger partial charge in [0.1, 0.15) is 11.9 Å². The van der Waals surface area contributed by atoms with Crippen molar-refractivity contribution in [2.75, 3.05) is 32.0 Å². The van der Waals surface area contributed by atoms with Gasteiger partial charge in [-0.15, -0.1) is 0 Å². The lowest BCUT2D eigenvalue weighted by Gasteiger charge is -2.32. The van der Waals surface area contributed by atoms with Crippen LogP contribution in [0.25, 0.3) is 11.1 Å². The van der Waals surface area contributed by atoms with E-state index in [0.717, 1.165) is 56.2 Å². The first-order valence-electron chi connectivity index (χ1n) is 13.3. The Balaban J connectivity index is 1.22. The Kier molecular flexibility index (Phi) is 8.60. The van der Waals surface area contributed by atoms with Gasteiger partial charge in [-0.2, -0.15) is 0 Å². The van der Waals surface area contributed by atoms with Crippen molar-refractivity contribution in [3.05, 3.63) is 75.7 Å². The number of anilines is 1. The van der Waals surface area contributed by atoms with Crippen LogP contribution in [0.2, 0.25) is 10.0 Å². The number of piperidine rings is 1. The Labute approximate surface area is 238 Å². The minimum absolute atomic E-state index is 0.0380. The fourth-order valence-corrected chi connectivity index (χ4v) is 5.53. The van der Waals surface area contributed by atoms with Crippen LogP contribution < -0.4 is 10.5 Å². The molecule has 2 fully saturated rings. The number of pyridine rings is 1. The maximum atomic E-state index is 14.0. The highest BCUT2D eigenvalue weighted by Gasteiger charge is 2.26. The second kappa shape index (κ2) is 12.1. The Hall–Kier alpha value is -2.87. The summed E-state index contributed by atoms with van der Waals surface area (Å²) in [6, 6.07) is 11.8. The van der Waals surface area contributed by atoms with Gasteiger partial charge in [-0.05, 0) is 80.3 Å². The molecule has 5 rings (SSSR count). The summed E-state index contributed by atoms with van der Waals surface area (Å²) < 4.78 is 25.9. The molecule has 1 saturated carbocycles. The molecule has 2 aromatic carbocycles. The molecule has 0 bridgehead atoms. The zero-order valence-corrected chi connectivity index (χ0v) is 23.3. The number of halogens is 3. The molecule has 1 atom stereocenters. The number of carbonyl (C=O) groups excluding carboxylic acids is 1. The van der Waals surface area contributed by atoms with Crippen molar-refractivity contribution in [1.82, 2.24) is 9.88 Å². The summed E-state index contributed by atoms with van der Waals surface area (Å²) in [4.78, 5) is 19.3. The molecule has 0 spiro atoms. The van der Waals surface area contributed by atoms with Crippen LogP contribution in [-0.4, -0.2) is 42.1 Å². The van der Waals surface area contributed by atoms with Gasteiger partial charge in [0.15, 0.2) is 11.6 Å². The number of nitrogens with two attached hydrogens (primary N) is 1. The first-order valence-corrected chi connectivity index (χ1v) is 14.1. The summed E-state index contributed by atoms with van der Waals surface area (Å²) in [5.74, 6) is 1.27. The monoisotopic (exact) mass is 571 g/mol. The molecule has 2 N–H and O–H groups in total. The average Bonchev–Trinajstić information content (AvgIpc) is 3.77. The van der Waals surface area contributed by atoms with Gasteiger partial charge in [-0.25, -0.2) is 9.37 Å². The predicted molar refractivity (Wildman–Crippen MR) is 152 cm³/mol. The van der Waals surface area contributed by atoms with E-state index in [1.165, 1.54) is 25.0 Å². The van der Waals surface area contributed by atoms with Gasteiger partial charge in [-0.1, -0.05) is 35.3 Å². The summed E-state index contributed by atoms with van der Waals surface area (Å²) in [6.45, 7) is 4.90. The summed E-state index contributed by atoms with van der Waals surface area (Å²) in [5.41, 5.74) is 8.65. The molecule has 2 aliphatic rings. The molecule has 6 nitrogen and oxygen atoms in total. The molecule has 9 heteroatoms. The Morgan fingerprint density at radius 2 is 1.72 bits per heavy atom. The van der Waals surface area contributed by atoms with Crippen molar-refractivity contribution in [3.8, 4) is 16.9 Å². The van der Waals surface area contributed by atoms with Crippen molar-refractivity contribution in [3.63, 3.8) is 0 Å². The molecule has 2 heterocycles. The Bertz CT molecular complexity index is 1330. The van der Waals surface area contributed by atoms with Crippen LogP contribution in [0.3, 0.4) is 0 Å². The molecule has 206 valence electrons. The second-order valence-electron chi connectivity index (χ2n) is 10.4. The highest BCUT2D eigenvalue weighted by Crippen LogP contribution is 2.37. The van der Waals surface area contributed by atoms with Gasteiger partial charge in [0.2, 0.25) is 0 Å². The van der Waals surface area contributed by atoms with Gasteiger partial charge >= 0.3 is 0 Å². The third kappa shape index (κ3) is 6.65. The van der Waals surface area contributed by atoms with Crippen molar-refractivity contribution in [2.45, 2.75) is 38.7 Å². The molecule has 0 radical (unpaired) electrons. The molecular weight excluding hydrogens is 540 g/mol. The van der Waals surface area contributed by atoms with Crippen LogP contribution in [0.1, 0.15) is 54.6 Å². The average molecular weight is 573 g/mol. The van der Waals surface area contributed by atoms with E-state index in [1.807, 2.05) is 29.2 Å². The minimum atomic E-state index is -0.672. The zero-order valence-electron chi connectivity index (χ0n) is 21.8. The molecule has 1 unspecified atom stereocenters. The van der Waals surface area contributed by atoms with Crippen molar-refractivity contribution in [1.29, 1.82) is 0 Å². The number of likely N-dealkylation sites (tertiary alicyclic amines) is 1. The lowest BCUT2D eigenvalue weighted by molar-refractivity contribution is 0.0499. The van der Waals surface area contributed by atoms with E-state index in [1.54, 1.807) is 19.2 Å². The molecule has 1 aliphatic carbocycles. The number of aromatic nitrogens is 1. The number of carbonyl (C=O) groups is 1. The van der Waals surface area contributed by atoms with E-state index in [0.29, 0.717) is 27.8 Å². The molecule has 1 aliphatic heterocycles. The highest BCUT2D eigenvalue weighted by molar-refractivity contribution is 6.36. The number of hydrogen-bond donors (Lipinski definition) is 1. The van der Waals surface area contributed by atoms with Crippen molar-refractivity contribution >= 4 is 34.9 Å². The van der Waals surface area contributed by atoms with E-state index in [9.17, 15) is 9.18 Å².